The van der Waals surface area contributed by atoms with E-state index in [9.17, 15) is 4.39 Å². The predicted molar refractivity (Wildman–Crippen MR) is 105 cm³/mol. The van der Waals surface area contributed by atoms with Crippen LogP contribution >= 0.6 is 11.6 Å². The van der Waals surface area contributed by atoms with E-state index in [-0.39, 0.29) is 5.02 Å². The normalized spacial score (nSPS) is 11.5. The monoisotopic (exact) mass is 367 g/mol. The summed E-state index contributed by atoms with van der Waals surface area (Å²) in [5.74, 6) is 0.512. The van der Waals surface area contributed by atoms with Gasteiger partial charge in [-0.05, 0) is 36.4 Å². The van der Waals surface area contributed by atoms with E-state index in [4.69, 9.17) is 17.3 Å². The lowest BCUT2D eigenvalue weighted by atomic mass is 10.2. The summed E-state index contributed by atoms with van der Waals surface area (Å²) in [4.78, 5) is 12.8. The number of nitrogens with zero attached hydrogens (tertiary/aromatic N) is 3. The largest absolute Gasteiger partial charge is 0.390 e. The number of hydrogen-bond acceptors (Lipinski definition) is 4. The highest BCUT2D eigenvalue weighted by Gasteiger charge is 2.10. The zero-order chi connectivity index (χ0) is 18.5. The number of aromatic nitrogens is 2. The van der Waals surface area contributed by atoms with Crippen LogP contribution in [-0.2, 0) is 0 Å². The molecule has 0 unspecified atom stereocenters. The average molecular weight is 368 g/mol. The van der Waals surface area contributed by atoms with Crippen LogP contribution in [0.5, 0.6) is 0 Å². The van der Waals surface area contributed by atoms with Gasteiger partial charge >= 0.3 is 0 Å². The van der Waals surface area contributed by atoms with E-state index in [1.165, 1.54) is 24.7 Å². The molecule has 130 valence electrons. The van der Waals surface area contributed by atoms with E-state index in [1.807, 2.05) is 24.3 Å². The van der Waals surface area contributed by atoms with Crippen LogP contribution in [0.4, 0.5) is 15.9 Å². The third kappa shape index (κ3) is 3.87. The Kier molecular flexibility index (Phi) is 5.24. The molecule has 0 saturated heterocycles. The highest BCUT2D eigenvalue weighted by atomic mass is 35.5. The molecule has 0 aliphatic heterocycles. The van der Waals surface area contributed by atoms with Crippen molar-refractivity contribution in [1.29, 1.82) is 0 Å². The lowest BCUT2D eigenvalue weighted by Crippen LogP contribution is -2.01. The lowest BCUT2D eigenvalue weighted by Gasteiger charge is -2.11. The Morgan fingerprint density at radius 3 is 2.81 bits per heavy atom. The molecule has 0 radical (unpaired) electrons. The topological polar surface area (TPSA) is 76.2 Å². The first-order chi connectivity index (χ1) is 12.6. The van der Waals surface area contributed by atoms with E-state index < -0.39 is 5.82 Å². The summed E-state index contributed by atoms with van der Waals surface area (Å²) < 4.78 is 13.4. The van der Waals surface area contributed by atoms with Gasteiger partial charge in [0.1, 0.15) is 11.6 Å². The Balaban J connectivity index is 2.04. The number of para-hydroxylation sites is 1. The fourth-order valence-corrected chi connectivity index (χ4v) is 2.46. The molecule has 0 aliphatic carbocycles. The van der Waals surface area contributed by atoms with E-state index in [2.05, 4.69) is 26.9 Å². The Hall–Kier alpha value is -3.25. The number of aliphatic imine (C=N–C) groups is 1. The van der Waals surface area contributed by atoms with Crippen molar-refractivity contribution in [3.63, 3.8) is 0 Å². The minimum absolute atomic E-state index is 0.0283. The molecule has 0 amide bonds. The minimum atomic E-state index is -0.482. The molecule has 26 heavy (non-hydrogen) atoms. The van der Waals surface area contributed by atoms with Gasteiger partial charge in [-0.2, -0.15) is 0 Å². The molecular weight excluding hydrogens is 353 g/mol. The maximum Gasteiger partial charge on any atom is 0.161 e. The van der Waals surface area contributed by atoms with Crippen LogP contribution in [0.3, 0.4) is 0 Å². The first-order valence-electron chi connectivity index (χ1n) is 7.66. The van der Waals surface area contributed by atoms with Gasteiger partial charge in [0.25, 0.3) is 0 Å². The van der Waals surface area contributed by atoms with Crippen molar-refractivity contribution in [2.45, 2.75) is 0 Å². The summed E-state index contributed by atoms with van der Waals surface area (Å²) >= 11 is 5.86. The SMILES string of the molecule is C=C(/C=C\N=CN)c1nc(Nc2ccc(F)c(Cl)c2)c2ccccc2n1. The molecule has 7 heteroatoms. The summed E-state index contributed by atoms with van der Waals surface area (Å²) in [6, 6.07) is 11.9. The van der Waals surface area contributed by atoms with Gasteiger partial charge < -0.3 is 11.1 Å². The third-order valence-electron chi connectivity index (χ3n) is 3.52. The Bertz CT molecular complexity index is 1030. The van der Waals surface area contributed by atoms with Gasteiger partial charge in [0.05, 0.1) is 16.9 Å². The molecule has 1 heterocycles. The number of benzene rings is 2. The van der Waals surface area contributed by atoms with Crippen LogP contribution in [-0.4, -0.2) is 16.3 Å². The van der Waals surface area contributed by atoms with Gasteiger partial charge in [-0.25, -0.2) is 19.4 Å². The summed E-state index contributed by atoms with van der Waals surface area (Å²) in [6.45, 7) is 3.95. The van der Waals surface area contributed by atoms with Gasteiger partial charge in [0.15, 0.2) is 5.82 Å². The highest BCUT2D eigenvalue weighted by molar-refractivity contribution is 6.31. The van der Waals surface area contributed by atoms with Crippen LogP contribution in [0.15, 0.2) is 66.3 Å². The van der Waals surface area contributed by atoms with Gasteiger partial charge in [0.2, 0.25) is 0 Å². The number of nitrogens with two attached hydrogens (primary N) is 1. The van der Waals surface area contributed by atoms with Gasteiger partial charge in [0, 0.05) is 22.8 Å². The Morgan fingerprint density at radius 2 is 2.04 bits per heavy atom. The van der Waals surface area contributed by atoms with Crippen molar-refractivity contribution in [2.75, 3.05) is 5.32 Å². The smallest absolute Gasteiger partial charge is 0.161 e. The molecule has 0 bridgehead atoms. The van der Waals surface area contributed by atoms with Gasteiger partial charge in [-0.1, -0.05) is 30.3 Å². The zero-order valence-electron chi connectivity index (χ0n) is 13.7. The summed E-state index contributed by atoms with van der Waals surface area (Å²) in [5, 5.41) is 4.00. The first kappa shape index (κ1) is 17.6. The van der Waals surface area contributed by atoms with Crippen molar-refractivity contribution in [3.05, 3.63) is 78.0 Å². The fourth-order valence-electron chi connectivity index (χ4n) is 2.28. The van der Waals surface area contributed by atoms with E-state index >= 15 is 0 Å². The average Bonchev–Trinajstić information content (AvgIpc) is 2.64. The molecule has 0 saturated carbocycles. The van der Waals surface area contributed by atoms with E-state index in [0.717, 1.165) is 10.9 Å². The van der Waals surface area contributed by atoms with Gasteiger partial charge in [-0.15, -0.1) is 0 Å². The fraction of sp³-hybridized carbons (Fsp3) is 0. The summed E-state index contributed by atoms with van der Waals surface area (Å²) in [6.07, 6.45) is 4.34. The number of nitrogens with one attached hydrogen (secondary N) is 1. The Labute approximate surface area is 154 Å². The molecule has 3 N–H and O–H groups in total. The second kappa shape index (κ2) is 7.76. The van der Waals surface area contributed by atoms with E-state index in [0.29, 0.717) is 22.9 Å². The van der Waals surface area contributed by atoms with E-state index in [1.54, 1.807) is 12.1 Å². The molecule has 0 atom stereocenters. The third-order valence-corrected chi connectivity index (χ3v) is 3.81. The Morgan fingerprint density at radius 1 is 1.23 bits per heavy atom. The van der Waals surface area contributed by atoms with Crippen molar-refractivity contribution < 1.29 is 4.39 Å². The zero-order valence-corrected chi connectivity index (χ0v) is 14.4. The van der Waals surface area contributed by atoms with Crippen molar-refractivity contribution in [2.24, 2.45) is 10.7 Å². The van der Waals surface area contributed by atoms with Crippen LogP contribution < -0.4 is 11.1 Å². The second-order valence-electron chi connectivity index (χ2n) is 5.31. The van der Waals surface area contributed by atoms with Gasteiger partial charge in [-0.3, -0.25) is 0 Å². The van der Waals surface area contributed by atoms with Crippen molar-refractivity contribution in [3.8, 4) is 0 Å². The molecule has 0 fully saturated rings. The number of rotatable bonds is 5. The first-order valence-corrected chi connectivity index (χ1v) is 8.04. The highest BCUT2D eigenvalue weighted by Crippen LogP contribution is 2.27. The predicted octanol–water partition coefficient (Wildman–Crippen LogP) is 4.68. The number of fused-ring (bicyclic) bond motifs is 1. The minimum Gasteiger partial charge on any atom is -0.390 e. The number of anilines is 2. The second-order valence-corrected chi connectivity index (χ2v) is 5.71. The summed E-state index contributed by atoms with van der Waals surface area (Å²) in [7, 11) is 0. The van der Waals surface area contributed by atoms with Crippen LogP contribution in [0.25, 0.3) is 16.5 Å². The van der Waals surface area contributed by atoms with Crippen molar-refractivity contribution in [1.82, 2.24) is 9.97 Å². The number of halogens is 2. The molecule has 3 rings (SSSR count). The van der Waals surface area contributed by atoms with Crippen LogP contribution in [0.2, 0.25) is 5.02 Å². The molecule has 0 aliphatic rings. The lowest BCUT2D eigenvalue weighted by molar-refractivity contribution is 0.628. The number of hydrogen-bond donors (Lipinski definition) is 2. The molecule has 5 nitrogen and oxygen atoms in total. The molecule has 0 spiro atoms. The molecule has 1 aromatic heterocycles. The maximum absolute atomic E-state index is 13.4. The summed E-state index contributed by atoms with van der Waals surface area (Å²) in [5.41, 5.74) is 7.13. The van der Waals surface area contributed by atoms with Crippen LogP contribution in [0, 0.1) is 5.82 Å². The molecule has 2 aromatic carbocycles. The number of allylic oxidation sites excluding steroid dienone is 2. The standard InChI is InChI=1S/C19H15ClFN5/c1-12(8-9-23-11-22)18-25-17-5-3-2-4-14(17)19(26-18)24-13-6-7-16(21)15(20)10-13/h2-11H,1H2,(H2,22,23)(H,24,25,26)/b9-8-. The molecule has 3 aromatic rings. The quantitative estimate of drug-likeness (QED) is 0.390. The molecular formula is C19H15ClFN5. The maximum atomic E-state index is 13.4. The van der Waals surface area contributed by atoms with Crippen molar-refractivity contribution >= 4 is 45.9 Å². The van der Waals surface area contributed by atoms with Crippen LogP contribution in [0.1, 0.15) is 5.82 Å².